The highest BCUT2D eigenvalue weighted by Crippen LogP contribution is 2.29. The average Bonchev–Trinajstić information content (AvgIpc) is 2.88. The number of fused-ring (bicyclic) bond motifs is 2. The number of likely N-dealkylation sites (tertiary alicyclic amines) is 1. The predicted molar refractivity (Wildman–Crippen MR) is 71.1 cm³/mol. The summed E-state index contributed by atoms with van der Waals surface area (Å²) in [6, 6.07) is 3.61. The van der Waals surface area contributed by atoms with Gasteiger partial charge in [0.15, 0.2) is 0 Å². The maximum Gasteiger partial charge on any atom is 0.121 e. The Hall–Kier alpha value is -0.840. The average molecular weight is 249 g/mol. The molecular weight excluding hydrogens is 226 g/mol. The van der Waals surface area contributed by atoms with E-state index in [0.29, 0.717) is 6.54 Å². The Bertz CT molecular complexity index is 403. The van der Waals surface area contributed by atoms with E-state index in [-0.39, 0.29) is 0 Å². The van der Waals surface area contributed by atoms with Crippen LogP contribution in [0.3, 0.4) is 0 Å². The van der Waals surface area contributed by atoms with Crippen molar-refractivity contribution in [3.8, 4) is 0 Å². The molecule has 1 aromatic heterocycles. The molecule has 0 spiro atoms. The van der Waals surface area contributed by atoms with Crippen LogP contribution in [0.4, 0.5) is 0 Å². The summed E-state index contributed by atoms with van der Waals surface area (Å²) < 4.78 is 5.41. The first kappa shape index (κ1) is 12.2. The van der Waals surface area contributed by atoms with Crippen LogP contribution in [0.2, 0.25) is 0 Å². The number of rotatable bonds is 3. The third-order valence-electron chi connectivity index (χ3n) is 4.65. The SMILES string of the molecule is CN1C2CCC1CN(Cc1ccoc1CN)CC2. The molecule has 100 valence electrons. The van der Waals surface area contributed by atoms with E-state index in [9.17, 15) is 0 Å². The monoisotopic (exact) mass is 249 g/mol. The van der Waals surface area contributed by atoms with Crippen molar-refractivity contribution in [3.63, 3.8) is 0 Å². The maximum absolute atomic E-state index is 5.69. The lowest BCUT2D eigenvalue weighted by atomic mass is 10.1. The van der Waals surface area contributed by atoms with Gasteiger partial charge < -0.3 is 10.2 Å². The van der Waals surface area contributed by atoms with Gasteiger partial charge in [0, 0.05) is 37.3 Å². The quantitative estimate of drug-likeness (QED) is 0.879. The molecule has 2 atom stereocenters. The number of hydrogen-bond donors (Lipinski definition) is 1. The minimum absolute atomic E-state index is 0.502. The van der Waals surface area contributed by atoms with Crippen molar-refractivity contribution in [1.29, 1.82) is 0 Å². The Labute approximate surface area is 109 Å². The van der Waals surface area contributed by atoms with Crippen LogP contribution in [0, 0.1) is 0 Å². The van der Waals surface area contributed by atoms with Gasteiger partial charge in [-0.25, -0.2) is 0 Å². The highest BCUT2D eigenvalue weighted by Gasteiger charge is 2.34. The Morgan fingerprint density at radius 1 is 1.33 bits per heavy atom. The van der Waals surface area contributed by atoms with Gasteiger partial charge in [-0.1, -0.05) is 0 Å². The van der Waals surface area contributed by atoms with E-state index in [1.807, 2.05) is 0 Å². The van der Waals surface area contributed by atoms with Crippen LogP contribution in [-0.4, -0.2) is 42.0 Å². The van der Waals surface area contributed by atoms with Crippen LogP contribution in [0.5, 0.6) is 0 Å². The van der Waals surface area contributed by atoms with Crippen molar-refractivity contribution in [2.45, 2.75) is 44.4 Å². The molecule has 18 heavy (non-hydrogen) atoms. The Kier molecular flexibility index (Phi) is 3.41. The molecule has 0 aromatic carbocycles. The van der Waals surface area contributed by atoms with Crippen molar-refractivity contribution >= 4 is 0 Å². The topological polar surface area (TPSA) is 45.6 Å². The van der Waals surface area contributed by atoms with Crippen molar-refractivity contribution < 1.29 is 4.42 Å². The third kappa shape index (κ3) is 2.20. The van der Waals surface area contributed by atoms with E-state index in [1.54, 1.807) is 6.26 Å². The molecule has 3 rings (SSSR count). The van der Waals surface area contributed by atoms with Crippen LogP contribution in [-0.2, 0) is 13.1 Å². The molecule has 2 aliphatic heterocycles. The Morgan fingerprint density at radius 2 is 2.17 bits per heavy atom. The maximum atomic E-state index is 5.69. The second kappa shape index (κ2) is 5.03. The van der Waals surface area contributed by atoms with E-state index in [1.165, 1.54) is 37.9 Å². The van der Waals surface area contributed by atoms with Gasteiger partial charge in [0.25, 0.3) is 0 Å². The molecule has 4 heteroatoms. The second-order valence-electron chi connectivity index (χ2n) is 5.65. The first-order chi connectivity index (χ1) is 8.78. The van der Waals surface area contributed by atoms with Gasteiger partial charge in [0.05, 0.1) is 12.8 Å². The van der Waals surface area contributed by atoms with Crippen LogP contribution in [0.25, 0.3) is 0 Å². The summed E-state index contributed by atoms with van der Waals surface area (Å²) in [7, 11) is 2.29. The summed E-state index contributed by atoms with van der Waals surface area (Å²) in [4.78, 5) is 5.14. The van der Waals surface area contributed by atoms with E-state index >= 15 is 0 Å². The fourth-order valence-electron chi connectivity index (χ4n) is 3.45. The zero-order chi connectivity index (χ0) is 12.5. The highest BCUT2D eigenvalue weighted by atomic mass is 16.3. The van der Waals surface area contributed by atoms with Crippen LogP contribution < -0.4 is 5.73 Å². The third-order valence-corrected chi connectivity index (χ3v) is 4.65. The molecule has 2 unspecified atom stereocenters. The number of nitrogens with two attached hydrogens (primary N) is 1. The minimum Gasteiger partial charge on any atom is -0.468 e. The van der Waals surface area contributed by atoms with Crippen LogP contribution in [0.1, 0.15) is 30.6 Å². The summed E-state index contributed by atoms with van der Waals surface area (Å²) in [6.45, 7) is 3.87. The van der Waals surface area contributed by atoms with Gasteiger partial charge in [-0.05, 0) is 32.4 Å². The summed E-state index contributed by atoms with van der Waals surface area (Å²) in [5.41, 5.74) is 6.96. The minimum atomic E-state index is 0.502. The molecule has 2 aliphatic rings. The first-order valence-corrected chi connectivity index (χ1v) is 6.97. The fraction of sp³-hybridized carbons (Fsp3) is 0.714. The summed E-state index contributed by atoms with van der Waals surface area (Å²) >= 11 is 0. The normalized spacial score (nSPS) is 29.7. The molecule has 4 nitrogen and oxygen atoms in total. The smallest absolute Gasteiger partial charge is 0.121 e. The van der Waals surface area contributed by atoms with Crippen molar-refractivity contribution in [2.24, 2.45) is 5.73 Å². The Balaban J connectivity index is 1.67. The number of likely N-dealkylation sites (N-methyl/N-ethyl adjacent to an activating group) is 1. The second-order valence-corrected chi connectivity index (χ2v) is 5.65. The molecule has 0 amide bonds. The van der Waals surface area contributed by atoms with E-state index in [2.05, 4.69) is 22.9 Å². The van der Waals surface area contributed by atoms with Gasteiger partial charge in [0.1, 0.15) is 5.76 Å². The predicted octanol–water partition coefficient (Wildman–Crippen LogP) is 1.41. The van der Waals surface area contributed by atoms with Crippen molar-refractivity contribution in [2.75, 3.05) is 20.1 Å². The molecule has 0 aliphatic carbocycles. The number of furan rings is 1. The number of nitrogens with zero attached hydrogens (tertiary/aromatic N) is 2. The largest absolute Gasteiger partial charge is 0.468 e. The zero-order valence-electron chi connectivity index (χ0n) is 11.1. The zero-order valence-corrected chi connectivity index (χ0v) is 11.1. The van der Waals surface area contributed by atoms with E-state index < -0.39 is 0 Å². The number of hydrogen-bond acceptors (Lipinski definition) is 4. The first-order valence-electron chi connectivity index (χ1n) is 6.97. The molecule has 1 aromatic rings. The lowest BCUT2D eigenvalue weighted by Gasteiger charge is -2.25. The molecule has 0 radical (unpaired) electrons. The van der Waals surface area contributed by atoms with Gasteiger partial charge in [0.2, 0.25) is 0 Å². The fourth-order valence-corrected chi connectivity index (χ4v) is 3.45. The van der Waals surface area contributed by atoms with Gasteiger partial charge in [-0.15, -0.1) is 0 Å². The molecule has 2 bridgehead atoms. The molecule has 3 heterocycles. The Morgan fingerprint density at radius 3 is 3.00 bits per heavy atom. The van der Waals surface area contributed by atoms with Crippen LogP contribution in [0.15, 0.2) is 16.7 Å². The summed E-state index contributed by atoms with van der Waals surface area (Å²) in [5, 5.41) is 0. The molecular formula is C14H23N3O. The summed E-state index contributed by atoms with van der Waals surface area (Å²) in [5.74, 6) is 0.942. The molecule has 2 saturated heterocycles. The van der Waals surface area contributed by atoms with E-state index in [4.69, 9.17) is 10.2 Å². The van der Waals surface area contributed by atoms with Gasteiger partial charge >= 0.3 is 0 Å². The van der Waals surface area contributed by atoms with E-state index in [0.717, 1.165) is 24.4 Å². The molecule has 0 saturated carbocycles. The van der Waals surface area contributed by atoms with Crippen molar-refractivity contribution in [1.82, 2.24) is 9.80 Å². The van der Waals surface area contributed by atoms with Crippen molar-refractivity contribution in [3.05, 3.63) is 23.7 Å². The van der Waals surface area contributed by atoms with Gasteiger partial charge in [-0.3, -0.25) is 9.80 Å². The molecule has 2 N–H and O–H groups in total. The summed E-state index contributed by atoms with van der Waals surface area (Å²) in [6.07, 6.45) is 5.79. The lowest BCUT2D eigenvalue weighted by Crippen LogP contribution is -2.36. The van der Waals surface area contributed by atoms with Crippen LogP contribution >= 0.6 is 0 Å². The highest BCUT2D eigenvalue weighted by molar-refractivity contribution is 5.16. The lowest BCUT2D eigenvalue weighted by molar-refractivity contribution is 0.214. The molecule has 2 fully saturated rings. The van der Waals surface area contributed by atoms with Gasteiger partial charge in [-0.2, -0.15) is 0 Å². The standard InChI is InChI=1S/C14H23N3O/c1-16-12-2-3-13(16)10-17(6-4-12)9-11-5-7-18-14(11)8-15/h5,7,12-13H,2-4,6,8-10,15H2,1H3.